The smallest absolute Gasteiger partial charge is 0.147 e. The van der Waals surface area contributed by atoms with Crippen LogP contribution in [0.25, 0.3) is 0 Å². The lowest BCUT2D eigenvalue weighted by molar-refractivity contribution is 0.170. The monoisotopic (exact) mass is 280 g/mol. The van der Waals surface area contributed by atoms with Crippen LogP contribution in [-0.2, 0) is 16.3 Å². The van der Waals surface area contributed by atoms with Crippen molar-refractivity contribution in [2.45, 2.75) is 18.9 Å². The highest BCUT2D eigenvalue weighted by molar-refractivity contribution is 7.90. The van der Waals surface area contributed by atoms with Crippen molar-refractivity contribution >= 4 is 21.4 Å². The highest BCUT2D eigenvalue weighted by Crippen LogP contribution is 2.21. The number of sulfone groups is 1. The van der Waals surface area contributed by atoms with Gasteiger partial charge in [-0.2, -0.15) is 0 Å². The maximum Gasteiger partial charge on any atom is 0.147 e. The first-order valence-electron chi connectivity index (χ1n) is 5.08. The zero-order valence-electron chi connectivity index (χ0n) is 9.36. The van der Waals surface area contributed by atoms with E-state index >= 15 is 0 Å². The van der Waals surface area contributed by atoms with Crippen LogP contribution in [0.4, 0.5) is 4.39 Å². The van der Waals surface area contributed by atoms with Crippen LogP contribution >= 0.6 is 11.6 Å². The topological polar surface area (TPSA) is 54.4 Å². The average Bonchev–Trinajstić information content (AvgIpc) is 2.20. The van der Waals surface area contributed by atoms with Gasteiger partial charge in [-0.25, -0.2) is 12.8 Å². The number of benzene rings is 1. The lowest BCUT2D eigenvalue weighted by Gasteiger charge is -2.11. The average molecular weight is 281 g/mol. The summed E-state index contributed by atoms with van der Waals surface area (Å²) in [5.74, 6) is -0.615. The molecule has 96 valence electrons. The van der Waals surface area contributed by atoms with Gasteiger partial charge < -0.3 is 5.11 Å². The summed E-state index contributed by atoms with van der Waals surface area (Å²) in [5.41, 5.74) is 0.218. The molecule has 1 aromatic rings. The van der Waals surface area contributed by atoms with Crippen LogP contribution in [0.3, 0.4) is 0 Å². The van der Waals surface area contributed by atoms with Gasteiger partial charge >= 0.3 is 0 Å². The standard InChI is InChI=1S/C11H14ClFO3S/c1-17(15,16)6-5-8(14)7-9-10(12)3-2-4-11(9)13/h2-4,8,14H,5-7H2,1H3. The molecule has 0 saturated heterocycles. The number of rotatable bonds is 5. The minimum Gasteiger partial charge on any atom is -0.393 e. The van der Waals surface area contributed by atoms with Gasteiger partial charge in [0.2, 0.25) is 0 Å². The minimum absolute atomic E-state index is 0.0149. The van der Waals surface area contributed by atoms with Crippen LogP contribution < -0.4 is 0 Å². The molecular weight excluding hydrogens is 267 g/mol. The molecule has 1 atom stereocenters. The Bertz CT molecular complexity index is 467. The van der Waals surface area contributed by atoms with Crippen LogP contribution in [0.15, 0.2) is 18.2 Å². The van der Waals surface area contributed by atoms with Crippen LogP contribution in [-0.4, -0.2) is 31.6 Å². The summed E-state index contributed by atoms with van der Waals surface area (Å²) in [6.07, 6.45) is 0.263. The van der Waals surface area contributed by atoms with Gasteiger partial charge in [0.25, 0.3) is 0 Å². The number of hydrogen-bond donors (Lipinski definition) is 1. The van der Waals surface area contributed by atoms with Gasteiger partial charge in [0.1, 0.15) is 15.7 Å². The molecule has 0 aromatic heterocycles. The van der Waals surface area contributed by atoms with Crippen LogP contribution in [0, 0.1) is 5.82 Å². The summed E-state index contributed by atoms with van der Waals surface area (Å²) >= 11 is 5.79. The molecule has 3 nitrogen and oxygen atoms in total. The van der Waals surface area contributed by atoms with Gasteiger partial charge in [-0.15, -0.1) is 0 Å². The Kier molecular flexibility index (Phi) is 4.91. The SMILES string of the molecule is CS(=O)(=O)CCC(O)Cc1c(F)cccc1Cl. The Morgan fingerprint density at radius 1 is 1.47 bits per heavy atom. The molecule has 0 aliphatic rings. The minimum atomic E-state index is -3.12. The van der Waals surface area contributed by atoms with Gasteiger partial charge in [0, 0.05) is 23.3 Å². The first-order valence-corrected chi connectivity index (χ1v) is 7.52. The van der Waals surface area contributed by atoms with E-state index in [9.17, 15) is 17.9 Å². The van der Waals surface area contributed by atoms with Crippen molar-refractivity contribution in [3.63, 3.8) is 0 Å². The molecule has 0 fully saturated rings. The molecule has 0 bridgehead atoms. The van der Waals surface area contributed by atoms with Gasteiger partial charge in [0.05, 0.1) is 11.9 Å². The Hall–Kier alpha value is -0.650. The number of aliphatic hydroxyl groups excluding tert-OH is 1. The van der Waals surface area contributed by atoms with Crippen LogP contribution in [0.1, 0.15) is 12.0 Å². The van der Waals surface area contributed by atoms with Gasteiger partial charge in [0.15, 0.2) is 0 Å². The van der Waals surface area contributed by atoms with E-state index in [4.69, 9.17) is 11.6 Å². The van der Waals surface area contributed by atoms with E-state index in [0.717, 1.165) is 6.26 Å². The molecule has 1 N–H and O–H groups in total. The molecule has 0 amide bonds. The van der Waals surface area contributed by atoms with E-state index in [1.807, 2.05) is 0 Å². The second-order valence-electron chi connectivity index (χ2n) is 3.98. The Morgan fingerprint density at radius 3 is 2.65 bits per heavy atom. The first-order chi connectivity index (χ1) is 7.79. The fourth-order valence-corrected chi connectivity index (χ4v) is 2.36. The maximum absolute atomic E-state index is 13.4. The zero-order chi connectivity index (χ0) is 13.1. The van der Waals surface area contributed by atoms with Crippen LogP contribution in [0.2, 0.25) is 5.02 Å². The maximum atomic E-state index is 13.4. The summed E-state index contributed by atoms with van der Waals surface area (Å²) in [7, 11) is -3.12. The van der Waals surface area contributed by atoms with E-state index in [-0.39, 0.29) is 29.2 Å². The Morgan fingerprint density at radius 2 is 2.12 bits per heavy atom. The van der Waals surface area contributed by atoms with Crippen molar-refractivity contribution in [2.75, 3.05) is 12.0 Å². The van der Waals surface area contributed by atoms with Crippen molar-refractivity contribution in [2.24, 2.45) is 0 Å². The molecule has 1 unspecified atom stereocenters. The predicted octanol–water partition coefficient (Wildman–Crippen LogP) is 1.82. The molecule has 0 saturated carbocycles. The summed E-state index contributed by atoms with van der Waals surface area (Å²) in [5, 5.41) is 9.86. The van der Waals surface area contributed by atoms with Crippen molar-refractivity contribution in [3.05, 3.63) is 34.6 Å². The van der Waals surface area contributed by atoms with Crippen molar-refractivity contribution in [1.29, 1.82) is 0 Å². The van der Waals surface area contributed by atoms with Crippen molar-refractivity contribution < 1.29 is 17.9 Å². The predicted molar refractivity (Wildman–Crippen MR) is 65.4 cm³/mol. The lowest BCUT2D eigenvalue weighted by Crippen LogP contribution is -2.17. The molecule has 0 aliphatic carbocycles. The summed E-state index contributed by atoms with van der Waals surface area (Å²) in [6, 6.07) is 4.26. The third-order valence-electron chi connectivity index (χ3n) is 2.32. The highest BCUT2D eigenvalue weighted by atomic mass is 35.5. The summed E-state index contributed by atoms with van der Waals surface area (Å²) in [6.45, 7) is 0. The highest BCUT2D eigenvalue weighted by Gasteiger charge is 2.14. The van der Waals surface area contributed by atoms with Crippen molar-refractivity contribution in [1.82, 2.24) is 0 Å². The van der Waals surface area contributed by atoms with Crippen LogP contribution in [0.5, 0.6) is 0 Å². The second kappa shape index (κ2) is 5.80. The number of halogens is 2. The molecule has 0 spiro atoms. The van der Waals surface area contributed by atoms with Gasteiger partial charge in [-0.05, 0) is 18.6 Å². The quantitative estimate of drug-likeness (QED) is 0.895. The van der Waals surface area contributed by atoms with Gasteiger partial charge in [-0.3, -0.25) is 0 Å². The molecule has 1 rings (SSSR count). The summed E-state index contributed by atoms with van der Waals surface area (Å²) in [4.78, 5) is 0. The van der Waals surface area contributed by atoms with E-state index in [1.54, 1.807) is 0 Å². The fraction of sp³-hybridized carbons (Fsp3) is 0.455. The normalized spacial score (nSPS) is 13.6. The molecule has 0 radical (unpaired) electrons. The fourth-order valence-electron chi connectivity index (χ4n) is 1.42. The lowest BCUT2D eigenvalue weighted by atomic mass is 10.1. The molecule has 1 aromatic carbocycles. The first kappa shape index (κ1) is 14.4. The summed E-state index contributed by atoms with van der Waals surface area (Å²) < 4.78 is 35.2. The van der Waals surface area contributed by atoms with E-state index in [0.29, 0.717) is 0 Å². The molecular formula is C11H14ClFO3S. The largest absolute Gasteiger partial charge is 0.393 e. The van der Waals surface area contributed by atoms with E-state index < -0.39 is 21.8 Å². The molecule has 17 heavy (non-hydrogen) atoms. The van der Waals surface area contributed by atoms with E-state index in [1.165, 1.54) is 18.2 Å². The molecule has 0 heterocycles. The molecule has 6 heteroatoms. The Labute approximate surface area is 105 Å². The number of aliphatic hydroxyl groups is 1. The second-order valence-corrected chi connectivity index (χ2v) is 6.64. The van der Waals surface area contributed by atoms with Crippen molar-refractivity contribution in [3.8, 4) is 0 Å². The number of hydrogen-bond acceptors (Lipinski definition) is 3. The third-order valence-corrected chi connectivity index (χ3v) is 3.65. The molecule has 0 aliphatic heterocycles. The zero-order valence-corrected chi connectivity index (χ0v) is 10.9. The Balaban J connectivity index is 2.65. The third kappa shape index (κ3) is 5.02. The van der Waals surface area contributed by atoms with Gasteiger partial charge in [-0.1, -0.05) is 17.7 Å². The van der Waals surface area contributed by atoms with E-state index in [2.05, 4.69) is 0 Å².